The summed E-state index contributed by atoms with van der Waals surface area (Å²) >= 11 is 1.13. The lowest BCUT2D eigenvalue weighted by atomic mass is 9.93. The van der Waals surface area contributed by atoms with Crippen molar-refractivity contribution in [1.29, 1.82) is 0 Å². The second-order valence-electron chi connectivity index (χ2n) is 7.55. The molecule has 1 aliphatic rings. The minimum absolute atomic E-state index is 0.0537. The van der Waals surface area contributed by atoms with Crippen LogP contribution in [0, 0.1) is 0 Å². The first kappa shape index (κ1) is 21.6. The van der Waals surface area contributed by atoms with Gasteiger partial charge in [0.05, 0.1) is 12.0 Å². The van der Waals surface area contributed by atoms with Gasteiger partial charge in [0.25, 0.3) is 5.91 Å². The van der Waals surface area contributed by atoms with E-state index >= 15 is 0 Å². The topological polar surface area (TPSA) is 122 Å². The molecule has 10 nitrogen and oxygen atoms in total. The summed E-state index contributed by atoms with van der Waals surface area (Å²) in [5.41, 5.74) is 2.37. The second-order valence-corrected chi connectivity index (χ2v) is 8.50. The molecule has 2 aromatic heterocycles. The van der Waals surface area contributed by atoms with Gasteiger partial charge in [-0.25, -0.2) is 4.79 Å². The first-order chi connectivity index (χ1) is 15.4. The fourth-order valence-electron chi connectivity index (χ4n) is 3.34. The number of carbonyl (C=O) groups excluding carboxylic acids is 3. The minimum atomic E-state index is -1.09. The molecule has 32 heavy (non-hydrogen) atoms. The third-order valence-electron chi connectivity index (χ3n) is 5.16. The number of hydrogen-bond acceptors (Lipinski definition) is 7. The van der Waals surface area contributed by atoms with Crippen molar-refractivity contribution in [2.75, 3.05) is 5.75 Å². The number of benzene rings is 1. The van der Waals surface area contributed by atoms with Crippen LogP contribution in [0.1, 0.15) is 18.9 Å². The zero-order chi connectivity index (χ0) is 22.7. The molecule has 1 fully saturated rings. The van der Waals surface area contributed by atoms with Crippen LogP contribution in [-0.2, 0) is 23.1 Å². The van der Waals surface area contributed by atoms with Crippen molar-refractivity contribution < 1.29 is 18.8 Å². The first-order valence-corrected chi connectivity index (χ1v) is 10.9. The van der Waals surface area contributed by atoms with E-state index in [1.165, 1.54) is 6.26 Å². The fourth-order valence-corrected chi connectivity index (χ4v) is 4.05. The maximum atomic E-state index is 12.8. The first-order valence-electron chi connectivity index (χ1n) is 9.93. The van der Waals surface area contributed by atoms with Crippen molar-refractivity contribution in [3.63, 3.8) is 0 Å². The van der Waals surface area contributed by atoms with Gasteiger partial charge in [-0.3, -0.25) is 15.0 Å². The number of thioether (sulfide) groups is 1. The number of amides is 4. The number of aromatic nitrogens is 3. The van der Waals surface area contributed by atoms with Crippen molar-refractivity contribution in [1.82, 2.24) is 30.5 Å². The molecule has 3 aromatic rings. The van der Waals surface area contributed by atoms with Crippen LogP contribution >= 0.6 is 11.8 Å². The van der Waals surface area contributed by atoms with Crippen molar-refractivity contribution in [3.8, 4) is 11.6 Å². The van der Waals surface area contributed by atoms with Gasteiger partial charge < -0.3 is 14.3 Å². The Morgan fingerprint density at radius 1 is 1.19 bits per heavy atom. The van der Waals surface area contributed by atoms with Gasteiger partial charge in [0, 0.05) is 7.05 Å². The number of carbonyl (C=O) groups is 3. The van der Waals surface area contributed by atoms with E-state index in [9.17, 15) is 14.4 Å². The number of hydrazine groups is 1. The zero-order valence-electron chi connectivity index (χ0n) is 17.6. The van der Waals surface area contributed by atoms with Crippen LogP contribution in [0.25, 0.3) is 11.6 Å². The number of nitrogens with one attached hydrogen (secondary N) is 2. The zero-order valence-corrected chi connectivity index (χ0v) is 18.4. The third kappa shape index (κ3) is 4.37. The molecule has 1 unspecified atom stereocenters. The van der Waals surface area contributed by atoms with Crippen molar-refractivity contribution in [2.24, 2.45) is 7.05 Å². The number of rotatable bonds is 8. The minimum Gasteiger partial charge on any atom is -0.461 e. The maximum Gasteiger partial charge on any atom is 0.344 e. The molecule has 1 aromatic carbocycles. The molecule has 0 bridgehead atoms. The van der Waals surface area contributed by atoms with E-state index in [-0.39, 0.29) is 5.75 Å². The van der Waals surface area contributed by atoms with E-state index in [0.717, 1.165) is 22.3 Å². The van der Waals surface area contributed by atoms with Crippen LogP contribution in [0.2, 0.25) is 0 Å². The summed E-state index contributed by atoms with van der Waals surface area (Å²) in [4.78, 5) is 37.6. The molecule has 4 amide bonds. The summed E-state index contributed by atoms with van der Waals surface area (Å²) in [6.07, 6.45) is 2.57. The molecule has 0 aliphatic carbocycles. The normalized spacial score (nSPS) is 18.1. The Balaban J connectivity index is 1.33. The molecule has 1 saturated heterocycles. The molecule has 11 heteroatoms. The largest absolute Gasteiger partial charge is 0.461 e. The second kappa shape index (κ2) is 8.87. The summed E-state index contributed by atoms with van der Waals surface area (Å²) < 4.78 is 7.02. The van der Waals surface area contributed by atoms with Crippen LogP contribution in [0.5, 0.6) is 0 Å². The monoisotopic (exact) mass is 454 g/mol. The summed E-state index contributed by atoms with van der Waals surface area (Å²) in [5, 5.41) is 12.1. The number of urea groups is 1. The van der Waals surface area contributed by atoms with E-state index in [2.05, 4.69) is 20.9 Å². The predicted molar refractivity (Wildman–Crippen MR) is 116 cm³/mol. The Hall–Kier alpha value is -3.60. The molecule has 0 saturated carbocycles. The summed E-state index contributed by atoms with van der Waals surface area (Å²) in [6, 6.07) is 12.5. The highest BCUT2D eigenvalue weighted by atomic mass is 32.2. The lowest BCUT2D eigenvalue weighted by molar-refractivity contribution is -0.138. The lowest BCUT2D eigenvalue weighted by Gasteiger charge is -2.21. The SMILES string of the molecule is Cn1c(SCC(=O)NN2C(=O)NC(C)(CCc3ccccc3)C2=O)nnc1-c1ccco1. The van der Waals surface area contributed by atoms with Gasteiger partial charge in [0.2, 0.25) is 5.91 Å². The molecule has 0 spiro atoms. The van der Waals surface area contributed by atoms with Gasteiger partial charge in [0.1, 0.15) is 5.54 Å². The van der Waals surface area contributed by atoms with Gasteiger partial charge in [0.15, 0.2) is 16.7 Å². The Morgan fingerprint density at radius 2 is 1.97 bits per heavy atom. The average Bonchev–Trinajstić information content (AvgIpc) is 3.48. The molecule has 1 atom stereocenters. The smallest absolute Gasteiger partial charge is 0.344 e. The quantitative estimate of drug-likeness (QED) is 0.395. The lowest BCUT2D eigenvalue weighted by Crippen LogP contribution is -2.49. The fraction of sp³-hybridized carbons (Fsp3) is 0.286. The standard InChI is InChI=1S/C21H22N6O4S/c1-21(11-10-14-7-4-3-5-8-14)18(29)27(19(30)22-21)25-16(28)13-32-20-24-23-17(26(20)2)15-9-6-12-31-15/h3-9,12H,10-11,13H2,1-2H3,(H,22,30)(H,25,28). The van der Waals surface area contributed by atoms with Gasteiger partial charge >= 0.3 is 6.03 Å². The van der Waals surface area contributed by atoms with Crippen LogP contribution in [0.3, 0.4) is 0 Å². The summed E-state index contributed by atoms with van der Waals surface area (Å²) in [5.74, 6) is 0.0394. The Labute approximate surface area is 188 Å². The predicted octanol–water partition coefficient (Wildman–Crippen LogP) is 2.14. The summed E-state index contributed by atoms with van der Waals surface area (Å²) in [6.45, 7) is 1.66. The number of furan rings is 1. The van der Waals surface area contributed by atoms with Crippen LogP contribution in [-0.4, -0.2) is 48.9 Å². The highest BCUT2D eigenvalue weighted by molar-refractivity contribution is 7.99. The number of imide groups is 1. The third-order valence-corrected chi connectivity index (χ3v) is 6.18. The van der Waals surface area contributed by atoms with Gasteiger partial charge in [-0.15, -0.1) is 10.2 Å². The molecule has 166 valence electrons. The number of hydrogen-bond donors (Lipinski definition) is 2. The van der Waals surface area contributed by atoms with Crippen molar-refractivity contribution >= 4 is 29.6 Å². The van der Waals surface area contributed by atoms with Gasteiger partial charge in [-0.2, -0.15) is 5.01 Å². The van der Waals surface area contributed by atoms with E-state index in [1.807, 2.05) is 30.3 Å². The number of aryl methyl sites for hydroxylation is 1. The Kier molecular flexibility index (Phi) is 5.99. The Bertz CT molecular complexity index is 1130. The van der Waals surface area contributed by atoms with E-state index < -0.39 is 23.4 Å². The Morgan fingerprint density at radius 3 is 2.69 bits per heavy atom. The van der Waals surface area contributed by atoms with Crippen LogP contribution < -0.4 is 10.7 Å². The van der Waals surface area contributed by atoms with Gasteiger partial charge in [-0.1, -0.05) is 42.1 Å². The summed E-state index contributed by atoms with van der Waals surface area (Å²) in [7, 11) is 1.76. The maximum absolute atomic E-state index is 12.8. The highest BCUT2D eigenvalue weighted by Crippen LogP contribution is 2.24. The molecule has 3 heterocycles. The van der Waals surface area contributed by atoms with Crippen molar-refractivity contribution in [2.45, 2.75) is 30.5 Å². The van der Waals surface area contributed by atoms with Crippen molar-refractivity contribution in [3.05, 3.63) is 54.3 Å². The molecule has 2 N–H and O–H groups in total. The van der Waals surface area contributed by atoms with E-state index in [1.54, 1.807) is 30.7 Å². The van der Waals surface area contributed by atoms with Crippen LogP contribution in [0.15, 0.2) is 58.3 Å². The van der Waals surface area contributed by atoms with Gasteiger partial charge in [-0.05, 0) is 37.5 Å². The average molecular weight is 455 g/mol. The van der Waals surface area contributed by atoms with E-state index in [0.29, 0.717) is 29.6 Å². The van der Waals surface area contributed by atoms with Crippen LogP contribution in [0.4, 0.5) is 4.79 Å². The number of nitrogens with zero attached hydrogens (tertiary/aromatic N) is 4. The molecule has 4 rings (SSSR count). The molecule has 1 aliphatic heterocycles. The molecule has 0 radical (unpaired) electrons. The van der Waals surface area contributed by atoms with E-state index in [4.69, 9.17) is 4.42 Å². The molecular formula is C21H22N6O4S. The molecular weight excluding hydrogens is 432 g/mol. The highest BCUT2D eigenvalue weighted by Gasteiger charge is 2.48.